The fourth-order valence-electron chi connectivity index (χ4n) is 2.31. The minimum atomic E-state index is -3.44. The van der Waals surface area contributed by atoms with Gasteiger partial charge in [-0.05, 0) is 41.7 Å². The van der Waals surface area contributed by atoms with Crippen molar-refractivity contribution in [2.45, 2.75) is 20.0 Å². The Hall–Kier alpha value is -1.85. The van der Waals surface area contributed by atoms with Crippen molar-refractivity contribution in [1.29, 1.82) is 0 Å². The predicted molar refractivity (Wildman–Crippen MR) is 86.6 cm³/mol. The topological polar surface area (TPSA) is 52.6 Å². The summed E-state index contributed by atoms with van der Waals surface area (Å²) < 4.78 is 32.5. The minimum absolute atomic E-state index is 0.0597. The van der Waals surface area contributed by atoms with Crippen molar-refractivity contribution in [2.75, 3.05) is 13.4 Å². The third-order valence-corrected chi connectivity index (χ3v) is 3.95. The van der Waals surface area contributed by atoms with Crippen LogP contribution < -0.4 is 4.74 Å². The zero-order valence-electron chi connectivity index (χ0n) is 13.0. The quantitative estimate of drug-likeness (QED) is 0.768. The third kappa shape index (κ3) is 4.58. The van der Waals surface area contributed by atoms with Gasteiger partial charge in [0.1, 0.15) is 5.75 Å². The Morgan fingerprint density at radius 3 is 2.32 bits per heavy atom. The van der Waals surface area contributed by atoms with Crippen molar-refractivity contribution in [3.8, 4) is 5.75 Å². The Labute approximate surface area is 131 Å². The van der Waals surface area contributed by atoms with E-state index in [0.29, 0.717) is 6.42 Å². The van der Waals surface area contributed by atoms with Crippen LogP contribution in [0.4, 0.5) is 0 Å². The van der Waals surface area contributed by atoms with Crippen LogP contribution in [0, 0.1) is 6.92 Å². The van der Waals surface area contributed by atoms with E-state index in [1.165, 1.54) is 0 Å². The highest BCUT2D eigenvalue weighted by molar-refractivity contribution is 7.85. The van der Waals surface area contributed by atoms with Crippen LogP contribution in [0.3, 0.4) is 0 Å². The molecule has 0 aliphatic heterocycles. The minimum Gasteiger partial charge on any atom is -0.496 e. The highest BCUT2D eigenvalue weighted by Gasteiger charge is 2.08. The van der Waals surface area contributed by atoms with Gasteiger partial charge < -0.3 is 4.74 Å². The molecule has 0 radical (unpaired) electrons. The first kappa shape index (κ1) is 16.5. The smallest absolute Gasteiger partial charge is 0.264 e. The van der Waals surface area contributed by atoms with Crippen molar-refractivity contribution >= 4 is 10.1 Å². The number of methoxy groups -OCH3 is 1. The molecule has 0 saturated carbocycles. The van der Waals surface area contributed by atoms with E-state index < -0.39 is 10.1 Å². The number of hydrogen-bond donors (Lipinski definition) is 0. The molecule has 0 aliphatic carbocycles. The van der Waals surface area contributed by atoms with Crippen LogP contribution in [0.2, 0.25) is 0 Å². The molecule has 0 aliphatic rings. The second-order valence-corrected chi connectivity index (χ2v) is 6.86. The number of rotatable bonds is 6. The van der Waals surface area contributed by atoms with E-state index in [1.807, 2.05) is 43.3 Å². The number of aryl methyl sites for hydroxylation is 1. The highest BCUT2D eigenvalue weighted by atomic mass is 32.2. The van der Waals surface area contributed by atoms with Crippen molar-refractivity contribution in [1.82, 2.24) is 0 Å². The van der Waals surface area contributed by atoms with Gasteiger partial charge in [-0.1, -0.05) is 36.4 Å². The molecule has 22 heavy (non-hydrogen) atoms. The second kappa shape index (κ2) is 6.94. The maximum atomic E-state index is 11.2. The highest BCUT2D eigenvalue weighted by Crippen LogP contribution is 2.22. The fraction of sp³-hybridized carbons (Fsp3) is 0.294. The van der Waals surface area contributed by atoms with E-state index in [4.69, 9.17) is 8.92 Å². The normalized spacial score (nSPS) is 11.4. The molecule has 2 aromatic rings. The molecule has 0 bridgehead atoms. The maximum Gasteiger partial charge on any atom is 0.264 e. The SMILES string of the molecule is COc1ccc(Cc2ccccc2COS(C)(=O)=O)cc1C. The van der Waals surface area contributed by atoms with Gasteiger partial charge in [0.25, 0.3) is 10.1 Å². The molecule has 118 valence electrons. The molecular weight excluding hydrogens is 300 g/mol. The van der Waals surface area contributed by atoms with Gasteiger partial charge in [0, 0.05) is 0 Å². The average Bonchev–Trinajstić information content (AvgIpc) is 2.46. The van der Waals surface area contributed by atoms with E-state index in [9.17, 15) is 8.42 Å². The van der Waals surface area contributed by atoms with Crippen molar-refractivity contribution in [3.63, 3.8) is 0 Å². The summed E-state index contributed by atoms with van der Waals surface area (Å²) in [5.74, 6) is 0.859. The van der Waals surface area contributed by atoms with Gasteiger partial charge in [-0.25, -0.2) is 0 Å². The molecule has 4 nitrogen and oxygen atoms in total. The van der Waals surface area contributed by atoms with Crippen molar-refractivity contribution in [3.05, 3.63) is 64.7 Å². The van der Waals surface area contributed by atoms with Crippen LogP contribution in [-0.4, -0.2) is 21.8 Å². The van der Waals surface area contributed by atoms with Crippen LogP contribution in [0.5, 0.6) is 5.75 Å². The van der Waals surface area contributed by atoms with Crippen LogP contribution >= 0.6 is 0 Å². The summed E-state index contributed by atoms with van der Waals surface area (Å²) >= 11 is 0. The lowest BCUT2D eigenvalue weighted by molar-refractivity contribution is 0.311. The van der Waals surface area contributed by atoms with Gasteiger partial charge in [-0.3, -0.25) is 4.18 Å². The largest absolute Gasteiger partial charge is 0.496 e. The summed E-state index contributed by atoms with van der Waals surface area (Å²) in [6, 6.07) is 13.7. The summed E-state index contributed by atoms with van der Waals surface area (Å²) in [4.78, 5) is 0. The molecule has 0 spiro atoms. The van der Waals surface area contributed by atoms with E-state index in [0.717, 1.165) is 34.3 Å². The zero-order chi connectivity index (χ0) is 16.2. The average molecular weight is 320 g/mol. The molecule has 0 amide bonds. The van der Waals surface area contributed by atoms with E-state index in [2.05, 4.69) is 6.07 Å². The Morgan fingerprint density at radius 2 is 1.73 bits per heavy atom. The van der Waals surface area contributed by atoms with Crippen molar-refractivity contribution < 1.29 is 17.3 Å². The molecule has 5 heteroatoms. The molecular formula is C17H20O4S. The lowest BCUT2D eigenvalue weighted by Crippen LogP contribution is -2.05. The Morgan fingerprint density at radius 1 is 1.05 bits per heavy atom. The van der Waals surface area contributed by atoms with Gasteiger partial charge in [-0.15, -0.1) is 0 Å². The zero-order valence-corrected chi connectivity index (χ0v) is 13.8. The second-order valence-electron chi connectivity index (χ2n) is 5.22. The first-order chi connectivity index (χ1) is 10.4. The summed E-state index contributed by atoms with van der Waals surface area (Å²) in [5.41, 5.74) is 4.15. The van der Waals surface area contributed by atoms with E-state index >= 15 is 0 Å². The maximum absolute atomic E-state index is 11.2. The number of hydrogen-bond acceptors (Lipinski definition) is 4. The molecule has 0 saturated heterocycles. The van der Waals surface area contributed by atoms with Gasteiger partial charge in [-0.2, -0.15) is 8.42 Å². The van der Waals surface area contributed by atoms with Gasteiger partial charge in [0.2, 0.25) is 0 Å². The molecule has 2 aromatic carbocycles. The standard InChI is InChI=1S/C17H20O4S/c1-13-10-14(8-9-17(13)20-2)11-15-6-4-5-7-16(15)12-21-22(3,18)19/h4-10H,11-12H2,1-3H3. The molecule has 0 fully saturated rings. The lowest BCUT2D eigenvalue weighted by Gasteiger charge is -2.11. The summed E-state index contributed by atoms with van der Waals surface area (Å²) in [7, 11) is -1.79. The van der Waals surface area contributed by atoms with Gasteiger partial charge in [0.15, 0.2) is 0 Å². The third-order valence-electron chi connectivity index (χ3n) is 3.40. The van der Waals surface area contributed by atoms with Crippen molar-refractivity contribution in [2.24, 2.45) is 0 Å². The lowest BCUT2D eigenvalue weighted by atomic mass is 9.99. The first-order valence-electron chi connectivity index (χ1n) is 6.94. The van der Waals surface area contributed by atoms with Crippen LogP contribution in [0.15, 0.2) is 42.5 Å². The Bertz CT molecular complexity index is 751. The Balaban J connectivity index is 2.21. The molecule has 0 N–H and O–H groups in total. The summed E-state index contributed by atoms with van der Waals surface area (Å²) in [6.45, 7) is 2.06. The number of benzene rings is 2. The molecule has 2 rings (SSSR count). The molecule has 0 atom stereocenters. The summed E-state index contributed by atoms with van der Waals surface area (Å²) in [5, 5.41) is 0. The fourth-order valence-corrected chi connectivity index (χ4v) is 2.65. The van der Waals surface area contributed by atoms with Crippen LogP contribution in [-0.2, 0) is 27.3 Å². The molecule has 0 heterocycles. The van der Waals surface area contributed by atoms with Gasteiger partial charge >= 0.3 is 0 Å². The van der Waals surface area contributed by atoms with E-state index in [-0.39, 0.29) is 6.61 Å². The number of ether oxygens (including phenoxy) is 1. The van der Waals surface area contributed by atoms with E-state index in [1.54, 1.807) is 7.11 Å². The molecule has 0 aromatic heterocycles. The molecule has 0 unspecified atom stereocenters. The summed E-state index contributed by atoms with van der Waals surface area (Å²) in [6.07, 6.45) is 1.77. The van der Waals surface area contributed by atoms with Crippen LogP contribution in [0.25, 0.3) is 0 Å². The Kier molecular flexibility index (Phi) is 5.21. The van der Waals surface area contributed by atoms with Crippen LogP contribution in [0.1, 0.15) is 22.3 Å². The predicted octanol–water partition coefficient (Wildman–Crippen LogP) is 3.07. The first-order valence-corrected chi connectivity index (χ1v) is 8.75. The van der Waals surface area contributed by atoms with Gasteiger partial charge in [0.05, 0.1) is 20.0 Å². The monoisotopic (exact) mass is 320 g/mol.